The van der Waals surface area contributed by atoms with Crippen LogP contribution in [0, 0.1) is 5.82 Å². The number of carbonyl (C=O) groups excluding carboxylic acids is 1. The Hall–Kier alpha value is -0.973. The van der Waals surface area contributed by atoms with Crippen LogP contribution in [0.1, 0.15) is 47.1 Å². The summed E-state index contributed by atoms with van der Waals surface area (Å²) in [7, 11) is -4.89. The number of carbonyl (C=O) groups is 1. The summed E-state index contributed by atoms with van der Waals surface area (Å²) >= 11 is 0.819. The van der Waals surface area contributed by atoms with Gasteiger partial charge in [-0.15, -0.1) is 11.3 Å². The Kier molecular flexibility index (Phi) is 6.96. The number of sulfonamides is 1. The standard InChI is InChI=1S/C17H31FN2O4S2Si/c1-16(2,3)24-15(21)20(7)10-12-11-25-14(13(12)18)26(22,23)19-27(8,9)17(4,5)6/h11,19H,10H2,1-9H3. The van der Waals surface area contributed by atoms with Gasteiger partial charge in [-0.3, -0.25) is 0 Å². The lowest BCUT2D eigenvalue weighted by atomic mass is 10.2. The lowest BCUT2D eigenvalue weighted by molar-refractivity contribution is 0.0284. The lowest BCUT2D eigenvalue weighted by Gasteiger charge is -2.36. The van der Waals surface area contributed by atoms with Crippen LogP contribution < -0.4 is 4.39 Å². The van der Waals surface area contributed by atoms with Gasteiger partial charge >= 0.3 is 6.09 Å². The molecule has 1 N–H and O–H groups in total. The lowest BCUT2D eigenvalue weighted by Crippen LogP contribution is -2.54. The molecule has 0 aliphatic heterocycles. The van der Waals surface area contributed by atoms with E-state index >= 15 is 0 Å². The third-order valence-corrected chi connectivity index (χ3v) is 13.7. The van der Waals surface area contributed by atoms with Crippen LogP contribution in [0.3, 0.4) is 0 Å². The number of hydrogen-bond donors (Lipinski definition) is 1. The molecule has 0 unspecified atom stereocenters. The van der Waals surface area contributed by atoms with Crippen molar-refractivity contribution in [3.8, 4) is 0 Å². The van der Waals surface area contributed by atoms with Crippen LogP contribution in [0.4, 0.5) is 9.18 Å². The van der Waals surface area contributed by atoms with Gasteiger partial charge in [-0.1, -0.05) is 33.9 Å². The van der Waals surface area contributed by atoms with Crippen molar-refractivity contribution in [3.63, 3.8) is 0 Å². The summed E-state index contributed by atoms with van der Waals surface area (Å²) in [5.74, 6) is -0.818. The Morgan fingerprint density at radius 3 is 2.22 bits per heavy atom. The molecule has 1 amide bonds. The van der Waals surface area contributed by atoms with Crippen molar-refractivity contribution >= 4 is 35.7 Å². The maximum Gasteiger partial charge on any atom is 0.410 e. The minimum atomic E-state index is -3.98. The van der Waals surface area contributed by atoms with Crippen LogP contribution in [-0.2, 0) is 21.3 Å². The fourth-order valence-corrected chi connectivity index (χ4v) is 8.18. The van der Waals surface area contributed by atoms with Crippen molar-refractivity contribution in [2.75, 3.05) is 7.05 Å². The summed E-state index contributed by atoms with van der Waals surface area (Å²) in [6.07, 6.45) is -0.600. The molecule has 0 bridgehead atoms. The third kappa shape index (κ3) is 6.26. The molecule has 0 atom stereocenters. The van der Waals surface area contributed by atoms with Crippen LogP contribution in [0.2, 0.25) is 18.1 Å². The van der Waals surface area contributed by atoms with Crippen molar-refractivity contribution < 1.29 is 22.3 Å². The number of thiophene rings is 1. The molecule has 0 spiro atoms. The molecule has 10 heteroatoms. The summed E-state index contributed by atoms with van der Waals surface area (Å²) in [5, 5.41) is 1.20. The Labute approximate surface area is 167 Å². The van der Waals surface area contributed by atoms with E-state index in [-0.39, 0.29) is 21.4 Å². The van der Waals surface area contributed by atoms with Crippen molar-refractivity contribution in [1.82, 2.24) is 9.29 Å². The molecule has 1 aromatic rings. The normalized spacial score (nSPS) is 13.6. The van der Waals surface area contributed by atoms with E-state index in [4.69, 9.17) is 4.74 Å². The summed E-state index contributed by atoms with van der Waals surface area (Å²) < 4.78 is 47.8. The topological polar surface area (TPSA) is 75.7 Å². The molecule has 0 aromatic carbocycles. The monoisotopic (exact) mass is 438 g/mol. The number of nitrogens with one attached hydrogen (secondary N) is 1. The largest absolute Gasteiger partial charge is 0.444 e. The van der Waals surface area contributed by atoms with Crippen LogP contribution >= 0.6 is 11.3 Å². The van der Waals surface area contributed by atoms with Crippen LogP contribution in [-0.4, -0.2) is 40.3 Å². The maximum absolute atomic E-state index is 14.8. The molecule has 0 aliphatic rings. The van der Waals surface area contributed by atoms with E-state index in [0.29, 0.717) is 0 Å². The number of amides is 1. The maximum atomic E-state index is 14.8. The fraction of sp³-hybridized carbons (Fsp3) is 0.706. The molecule has 0 fully saturated rings. The van der Waals surface area contributed by atoms with Gasteiger partial charge in [0.2, 0.25) is 10.0 Å². The number of hydrogen-bond acceptors (Lipinski definition) is 5. The van der Waals surface area contributed by atoms with Gasteiger partial charge in [0, 0.05) is 18.0 Å². The molecule has 6 nitrogen and oxygen atoms in total. The van der Waals surface area contributed by atoms with Gasteiger partial charge in [0.25, 0.3) is 0 Å². The molecule has 1 aromatic heterocycles. The highest BCUT2D eigenvalue weighted by molar-refractivity contribution is 7.93. The van der Waals surface area contributed by atoms with Gasteiger partial charge in [0.1, 0.15) is 13.8 Å². The third-order valence-electron chi connectivity index (χ3n) is 4.39. The number of rotatable bonds is 5. The average Bonchev–Trinajstić information content (AvgIpc) is 2.76. The zero-order chi connectivity index (χ0) is 21.4. The number of ether oxygens (including phenoxy) is 1. The Morgan fingerprint density at radius 2 is 1.78 bits per heavy atom. The minimum absolute atomic E-state index is 0.0765. The van der Waals surface area contributed by atoms with E-state index in [2.05, 4.69) is 4.39 Å². The van der Waals surface area contributed by atoms with Crippen molar-refractivity contribution in [1.29, 1.82) is 0 Å². The van der Waals surface area contributed by atoms with Crippen molar-refractivity contribution in [2.24, 2.45) is 0 Å². The highest BCUT2D eigenvalue weighted by atomic mass is 32.2. The van der Waals surface area contributed by atoms with E-state index in [1.165, 1.54) is 17.3 Å². The van der Waals surface area contributed by atoms with Crippen LogP contribution in [0.5, 0.6) is 0 Å². The molecule has 0 aliphatic carbocycles. The SMILES string of the molecule is CN(Cc1csc(S(=O)(=O)N[Si](C)(C)C(C)(C)C)c1F)C(=O)OC(C)(C)C. The molecule has 156 valence electrons. The van der Waals surface area contributed by atoms with Gasteiger partial charge in [0.05, 0.1) is 6.54 Å². The minimum Gasteiger partial charge on any atom is -0.444 e. The first kappa shape index (κ1) is 24.1. The first-order valence-electron chi connectivity index (χ1n) is 8.61. The Morgan fingerprint density at radius 1 is 1.26 bits per heavy atom. The van der Waals surface area contributed by atoms with E-state index in [1.807, 2.05) is 33.9 Å². The molecule has 0 saturated heterocycles. The van der Waals surface area contributed by atoms with Gasteiger partial charge in [-0.25, -0.2) is 22.0 Å². The highest BCUT2D eigenvalue weighted by Crippen LogP contribution is 2.36. The number of nitrogens with zero attached hydrogens (tertiary/aromatic N) is 1. The second kappa shape index (κ2) is 7.80. The Bertz CT molecular complexity index is 793. The van der Waals surface area contributed by atoms with E-state index in [1.54, 1.807) is 20.8 Å². The van der Waals surface area contributed by atoms with E-state index < -0.39 is 35.8 Å². The van der Waals surface area contributed by atoms with Crippen molar-refractivity contribution in [2.45, 2.75) is 76.0 Å². The van der Waals surface area contributed by atoms with Crippen molar-refractivity contribution in [3.05, 3.63) is 16.8 Å². The van der Waals surface area contributed by atoms with Gasteiger partial charge in [-0.05, 0) is 25.8 Å². The first-order valence-corrected chi connectivity index (χ1v) is 14.0. The van der Waals surface area contributed by atoms with Gasteiger partial charge in [-0.2, -0.15) is 0 Å². The molecule has 1 rings (SSSR count). The zero-order valence-corrected chi connectivity index (χ0v) is 20.2. The average molecular weight is 439 g/mol. The summed E-state index contributed by atoms with van der Waals surface area (Å²) in [5.41, 5.74) is -0.524. The highest BCUT2D eigenvalue weighted by Gasteiger charge is 2.40. The number of halogens is 1. The summed E-state index contributed by atoms with van der Waals surface area (Å²) in [6, 6.07) is 0. The van der Waals surface area contributed by atoms with E-state index in [9.17, 15) is 17.6 Å². The smallest absolute Gasteiger partial charge is 0.410 e. The molecule has 27 heavy (non-hydrogen) atoms. The van der Waals surface area contributed by atoms with Crippen LogP contribution in [0.15, 0.2) is 9.59 Å². The fourth-order valence-electron chi connectivity index (χ4n) is 1.84. The Balaban J connectivity index is 3.03. The second-order valence-corrected chi connectivity index (χ2v) is 17.3. The predicted molar refractivity (Wildman–Crippen MR) is 109 cm³/mol. The molecule has 0 saturated carbocycles. The first-order chi connectivity index (χ1) is 11.9. The molecule has 0 radical (unpaired) electrons. The summed E-state index contributed by atoms with van der Waals surface area (Å²) in [4.78, 5) is 13.3. The quantitative estimate of drug-likeness (QED) is 0.685. The van der Waals surface area contributed by atoms with Crippen LogP contribution in [0.25, 0.3) is 0 Å². The van der Waals surface area contributed by atoms with Gasteiger partial charge in [0.15, 0.2) is 10.0 Å². The second-order valence-electron chi connectivity index (χ2n) is 9.18. The zero-order valence-electron chi connectivity index (χ0n) is 17.6. The molecular formula is C17H31FN2O4S2Si. The predicted octanol–water partition coefficient (Wildman–Crippen LogP) is 4.54. The summed E-state index contributed by atoms with van der Waals surface area (Å²) in [6.45, 7) is 14.8. The molecule has 1 heterocycles. The molecular weight excluding hydrogens is 407 g/mol. The van der Waals surface area contributed by atoms with Gasteiger partial charge < -0.3 is 9.64 Å². The van der Waals surface area contributed by atoms with E-state index in [0.717, 1.165) is 11.3 Å².